The summed E-state index contributed by atoms with van der Waals surface area (Å²) in [6, 6.07) is 7.84. The lowest BCUT2D eigenvalue weighted by Crippen LogP contribution is -2.29. The zero-order chi connectivity index (χ0) is 16.1. The number of nitrogens with two attached hydrogens (primary N) is 2. The minimum Gasteiger partial charge on any atom is -0.365 e. The van der Waals surface area contributed by atoms with Crippen molar-refractivity contribution in [2.75, 3.05) is 11.9 Å². The van der Waals surface area contributed by atoms with Gasteiger partial charge < -0.3 is 16.8 Å². The lowest BCUT2D eigenvalue weighted by atomic mass is 10.0. The van der Waals surface area contributed by atoms with Crippen LogP contribution in [0.25, 0.3) is 11.3 Å². The van der Waals surface area contributed by atoms with Crippen LogP contribution in [0.15, 0.2) is 30.5 Å². The van der Waals surface area contributed by atoms with E-state index in [2.05, 4.69) is 15.3 Å². The number of carbonyl (C=O) groups excluding carboxylic acids is 1. The molecule has 0 saturated carbocycles. The van der Waals surface area contributed by atoms with Crippen LogP contribution in [0.4, 0.5) is 5.95 Å². The van der Waals surface area contributed by atoms with E-state index in [1.165, 1.54) is 6.20 Å². The zero-order valence-electron chi connectivity index (χ0n) is 12.8. The van der Waals surface area contributed by atoms with Crippen molar-refractivity contribution in [3.05, 3.63) is 41.6 Å². The third-order valence-electron chi connectivity index (χ3n) is 3.46. The van der Waals surface area contributed by atoms with Gasteiger partial charge >= 0.3 is 0 Å². The summed E-state index contributed by atoms with van der Waals surface area (Å²) < 4.78 is 0. The van der Waals surface area contributed by atoms with Gasteiger partial charge in [-0.2, -0.15) is 0 Å². The Morgan fingerprint density at radius 3 is 2.77 bits per heavy atom. The van der Waals surface area contributed by atoms with Crippen LogP contribution in [-0.2, 0) is 0 Å². The van der Waals surface area contributed by atoms with Gasteiger partial charge in [0.25, 0.3) is 5.91 Å². The molecule has 0 bridgehead atoms. The molecule has 1 heterocycles. The number of nitrogens with zero attached hydrogens (tertiary/aromatic N) is 2. The lowest BCUT2D eigenvalue weighted by Gasteiger charge is -2.16. The Labute approximate surface area is 130 Å². The molecule has 0 saturated heterocycles. The van der Waals surface area contributed by atoms with Crippen LogP contribution in [0.5, 0.6) is 0 Å². The Balaban J connectivity index is 2.46. The molecule has 1 aromatic carbocycles. The Hall–Kier alpha value is -2.47. The summed E-state index contributed by atoms with van der Waals surface area (Å²) in [6.45, 7) is 4.50. The van der Waals surface area contributed by atoms with E-state index in [-0.39, 0.29) is 6.04 Å². The van der Waals surface area contributed by atoms with Crippen molar-refractivity contribution < 1.29 is 4.79 Å². The van der Waals surface area contributed by atoms with E-state index in [0.29, 0.717) is 23.8 Å². The maximum atomic E-state index is 11.6. The van der Waals surface area contributed by atoms with Crippen molar-refractivity contribution in [1.29, 1.82) is 0 Å². The fraction of sp³-hybridized carbons (Fsp3) is 0.312. The second kappa shape index (κ2) is 7.00. The molecule has 6 heteroatoms. The molecule has 0 radical (unpaired) electrons. The molecule has 22 heavy (non-hydrogen) atoms. The van der Waals surface area contributed by atoms with Crippen LogP contribution in [0.3, 0.4) is 0 Å². The molecule has 0 aliphatic heterocycles. The van der Waals surface area contributed by atoms with E-state index in [1.54, 1.807) is 0 Å². The van der Waals surface area contributed by atoms with Crippen molar-refractivity contribution in [2.24, 2.45) is 11.5 Å². The molecule has 116 valence electrons. The van der Waals surface area contributed by atoms with Crippen LogP contribution in [0, 0.1) is 6.92 Å². The number of anilines is 1. The number of aryl methyl sites for hydroxylation is 1. The molecule has 6 nitrogen and oxygen atoms in total. The summed E-state index contributed by atoms with van der Waals surface area (Å²) in [5.41, 5.74) is 13.9. The van der Waals surface area contributed by atoms with Crippen LogP contribution in [0.1, 0.15) is 29.3 Å². The standard InChI is InChI=1S/C16H21N5O/c1-3-12(8-17)20-16-19-9-13(15(18)22)14(21-16)11-6-4-5-10(2)7-11/h4-7,9,12H,3,8,17H2,1-2H3,(H2,18,22)(H,19,20,21)/t12-/m1/s1. The van der Waals surface area contributed by atoms with E-state index >= 15 is 0 Å². The van der Waals surface area contributed by atoms with Gasteiger partial charge in [-0.25, -0.2) is 9.97 Å². The fourth-order valence-corrected chi connectivity index (χ4v) is 2.15. The molecule has 0 fully saturated rings. The van der Waals surface area contributed by atoms with Crippen LogP contribution in [0.2, 0.25) is 0 Å². The summed E-state index contributed by atoms with van der Waals surface area (Å²) in [6.07, 6.45) is 2.32. The van der Waals surface area contributed by atoms with E-state index in [9.17, 15) is 4.79 Å². The van der Waals surface area contributed by atoms with Gasteiger partial charge in [-0.05, 0) is 19.4 Å². The first-order valence-corrected chi connectivity index (χ1v) is 7.25. The summed E-state index contributed by atoms with van der Waals surface area (Å²) >= 11 is 0. The van der Waals surface area contributed by atoms with Gasteiger partial charge in [0.2, 0.25) is 5.95 Å². The molecule has 5 N–H and O–H groups in total. The molecule has 0 aliphatic carbocycles. The van der Waals surface area contributed by atoms with Gasteiger partial charge in [-0.1, -0.05) is 30.7 Å². The van der Waals surface area contributed by atoms with Crippen molar-refractivity contribution in [3.8, 4) is 11.3 Å². The van der Waals surface area contributed by atoms with Crippen molar-refractivity contribution >= 4 is 11.9 Å². The molecular weight excluding hydrogens is 278 g/mol. The van der Waals surface area contributed by atoms with Gasteiger partial charge in [0.15, 0.2) is 0 Å². The Kier molecular flexibility index (Phi) is 5.06. The normalized spacial score (nSPS) is 12.0. The average Bonchev–Trinajstić information content (AvgIpc) is 2.52. The van der Waals surface area contributed by atoms with Crippen molar-refractivity contribution in [1.82, 2.24) is 9.97 Å². The zero-order valence-corrected chi connectivity index (χ0v) is 12.8. The maximum absolute atomic E-state index is 11.6. The largest absolute Gasteiger partial charge is 0.365 e. The van der Waals surface area contributed by atoms with E-state index in [0.717, 1.165) is 17.5 Å². The number of carbonyl (C=O) groups is 1. The molecule has 2 rings (SSSR count). The van der Waals surface area contributed by atoms with Gasteiger partial charge in [0.1, 0.15) is 0 Å². The topological polar surface area (TPSA) is 107 Å². The summed E-state index contributed by atoms with van der Waals surface area (Å²) in [4.78, 5) is 20.3. The average molecular weight is 299 g/mol. The van der Waals surface area contributed by atoms with Crippen LogP contribution >= 0.6 is 0 Å². The second-order valence-corrected chi connectivity index (χ2v) is 5.17. The van der Waals surface area contributed by atoms with Gasteiger partial charge in [0.05, 0.1) is 11.3 Å². The molecule has 0 aliphatic rings. The molecular formula is C16H21N5O. The summed E-state index contributed by atoms with van der Waals surface area (Å²) in [7, 11) is 0. The first-order chi connectivity index (χ1) is 10.5. The number of amides is 1. The van der Waals surface area contributed by atoms with Crippen LogP contribution < -0.4 is 16.8 Å². The number of primary amides is 1. The maximum Gasteiger partial charge on any atom is 0.252 e. The first kappa shape index (κ1) is 15.9. The highest BCUT2D eigenvalue weighted by Crippen LogP contribution is 2.23. The number of hydrogen-bond donors (Lipinski definition) is 3. The van der Waals surface area contributed by atoms with E-state index in [1.807, 2.05) is 38.1 Å². The highest BCUT2D eigenvalue weighted by Gasteiger charge is 2.15. The highest BCUT2D eigenvalue weighted by molar-refractivity contribution is 5.98. The molecule has 0 spiro atoms. The Bertz CT molecular complexity index is 667. The summed E-state index contributed by atoms with van der Waals surface area (Å²) in [5, 5.41) is 3.17. The number of aromatic nitrogens is 2. The first-order valence-electron chi connectivity index (χ1n) is 7.25. The Morgan fingerprint density at radius 1 is 1.41 bits per heavy atom. The highest BCUT2D eigenvalue weighted by atomic mass is 16.1. The van der Waals surface area contributed by atoms with Crippen molar-refractivity contribution in [3.63, 3.8) is 0 Å². The van der Waals surface area contributed by atoms with Gasteiger partial charge in [0, 0.05) is 24.3 Å². The fourth-order valence-electron chi connectivity index (χ4n) is 2.15. The van der Waals surface area contributed by atoms with E-state index in [4.69, 9.17) is 11.5 Å². The van der Waals surface area contributed by atoms with Gasteiger partial charge in [-0.15, -0.1) is 0 Å². The summed E-state index contributed by atoms with van der Waals surface area (Å²) in [5.74, 6) is -0.104. The minimum absolute atomic E-state index is 0.0878. The molecule has 2 aromatic rings. The number of hydrogen-bond acceptors (Lipinski definition) is 5. The predicted molar refractivity (Wildman–Crippen MR) is 87.5 cm³/mol. The quantitative estimate of drug-likeness (QED) is 0.752. The third-order valence-corrected chi connectivity index (χ3v) is 3.46. The lowest BCUT2D eigenvalue weighted by molar-refractivity contribution is 0.100. The molecule has 0 unspecified atom stereocenters. The van der Waals surface area contributed by atoms with E-state index < -0.39 is 5.91 Å². The second-order valence-electron chi connectivity index (χ2n) is 5.17. The molecule has 1 atom stereocenters. The van der Waals surface area contributed by atoms with Crippen LogP contribution in [-0.4, -0.2) is 28.5 Å². The third kappa shape index (κ3) is 3.59. The Morgan fingerprint density at radius 2 is 2.18 bits per heavy atom. The number of benzene rings is 1. The van der Waals surface area contributed by atoms with Crippen molar-refractivity contribution in [2.45, 2.75) is 26.3 Å². The number of nitrogens with one attached hydrogen (secondary N) is 1. The molecule has 1 amide bonds. The number of rotatable bonds is 6. The minimum atomic E-state index is -0.547. The smallest absolute Gasteiger partial charge is 0.252 e. The predicted octanol–water partition coefficient (Wildman–Crippen LogP) is 1.70. The molecule has 1 aromatic heterocycles. The van der Waals surface area contributed by atoms with Gasteiger partial charge in [-0.3, -0.25) is 4.79 Å². The SMILES string of the molecule is CC[C@H](CN)Nc1ncc(C(N)=O)c(-c2cccc(C)c2)n1. The monoisotopic (exact) mass is 299 g/mol.